The summed E-state index contributed by atoms with van der Waals surface area (Å²) < 4.78 is 102. The smallest absolute Gasteiger partial charge is 0.462 e. The molecule has 0 radical (unpaired) electrons. The number of rotatable bonds is 24. The molecule has 4 aromatic carbocycles. The second-order valence-corrected chi connectivity index (χ2v) is 24.8. The number of esters is 1. The number of carboxylic acids is 1. The molecule has 26 nitrogen and oxygen atoms in total. The minimum absolute atomic E-state index is 0.0141. The number of anilines is 2. The molecule has 6 heterocycles. The topological polar surface area (TPSA) is 348 Å². The summed E-state index contributed by atoms with van der Waals surface area (Å²) in [7, 11) is -9.00. The SMILES string of the molecule is C#C[C@]1(COP(=O)(N[C@@H](Cc2ccccc2)C(=O)OC(C)C)Oc2ccccc2)O[C@@H](n2cnc3c(N)nc(F)nc32)C[C@@H]1O.C#C[C@]1(COP(=O)(Oc2ccccc2)N(C(C)C)[C@@H](Cc2ccccc2)C(=O)O)O[C@@H](n2cnc3c(N)nc(F)nc32)C[C@@H]1O. The van der Waals surface area contributed by atoms with E-state index in [4.69, 9.17) is 56.6 Å². The van der Waals surface area contributed by atoms with E-state index in [2.05, 4.69) is 46.8 Å². The maximum absolute atomic E-state index is 14.9. The number of hydrogen-bond acceptors (Lipinski definition) is 21. The number of imidazole rings is 2. The van der Waals surface area contributed by atoms with Crippen LogP contribution in [0.4, 0.5) is 20.4 Å². The van der Waals surface area contributed by atoms with Crippen molar-refractivity contribution in [3.05, 3.63) is 157 Å². The van der Waals surface area contributed by atoms with Crippen molar-refractivity contribution in [2.45, 2.75) is 113 Å². The maximum Gasteiger partial charge on any atom is 0.462 e. The molecule has 2 unspecified atom stereocenters. The van der Waals surface area contributed by atoms with Crippen molar-refractivity contribution in [3.8, 4) is 36.2 Å². The highest BCUT2D eigenvalue weighted by Crippen LogP contribution is 2.56. The van der Waals surface area contributed by atoms with E-state index in [0.717, 1.165) is 5.56 Å². The number of terminal acetylenes is 2. The monoisotopic (exact) mass is 1280 g/mol. The second-order valence-electron chi connectivity index (χ2n) is 21.3. The van der Waals surface area contributed by atoms with Gasteiger partial charge in [-0.2, -0.15) is 38.5 Å². The van der Waals surface area contributed by atoms with E-state index in [1.807, 2.05) is 18.2 Å². The van der Waals surface area contributed by atoms with Crippen LogP contribution in [0.25, 0.3) is 22.3 Å². The summed E-state index contributed by atoms with van der Waals surface area (Å²) in [6.07, 6.45) is 6.93. The quantitative estimate of drug-likeness (QED) is 0.0149. The average molecular weight is 1280 g/mol. The Morgan fingerprint density at radius 2 is 1.13 bits per heavy atom. The minimum Gasteiger partial charge on any atom is -0.480 e. The van der Waals surface area contributed by atoms with Crippen LogP contribution in [0.5, 0.6) is 11.5 Å². The molecule has 0 aliphatic carbocycles. The second kappa shape index (κ2) is 28.0. The molecule has 10 atom stereocenters. The zero-order valence-electron chi connectivity index (χ0n) is 48.9. The number of aromatic nitrogens is 8. The number of aliphatic hydroxyl groups is 2. The van der Waals surface area contributed by atoms with Gasteiger partial charge in [-0.3, -0.25) is 27.8 Å². The van der Waals surface area contributed by atoms with Crippen LogP contribution in [0.1, 0.15) is 64.1 Å². The first kappa shape index (κ1) is 65.7. The lowest BCUT2D eigenvalue weighted by Gasteiger charge is -2.38. The summed E-state index contributed by atoms with van der Waals surface area (Å²) in [5.41, 5.74) is 9.57. The fourth-order valence-electron chi connectivity index (χ4n) is 9.99. The molecule has 10 rings (SSSR count). The highest BCUT2D eigenvalue weighted by atomic mass is 31.2. The molecule has 2 aliphatic rings. The lowest BCUT2D eigenvalue weighted by atomic mass is 9.99. The van der Waals surface area contributed by atoms with Gasteiger partial charge in [0.15, 0.2) is 45.2 Å². The third kappa shape index (κ3) is 14.9. The van der Waals surface area contributed by atoms with Crippen molar-refractivity contribution in [2.75, 3.05) is 24.7 Å². The van der Waals surface area contributed by atoms with Crippen LogP contribution in [-0.2, 0) is 54.8 Å². The van der Waals surface area contributed by atoms with Crippen LogP contribution in [0.2, 0.25) is 0 Å². The van der Waals surface area contributed by atoms with Gasteiger partial charge in [0.1, 0.15) is 61.5 Å². The number of carboxylic acid groups (broad SMARTS) is 1. The van der Waals surface area contributed by atoms with E-state index in [1.54, 1.807) is 131 Å². The molecular formula is C60H64F2N12O14P2. The summed E-state index contributed by atoms with van der Waals surface area (Å²) in [6.45, 7) is 5.42. The third-order valence-corrected chi connectivity index (χ3v) is 18.1. The molecule has 0 amide bonds. The minimum atomic E-state index is -4.56. The molecule has 472 valence electrons. The van der Waals surface area contributed by atoms with Crippen LogP contribution in [0, 0.1) is 36.8 Å². The number of halogens is 2. The normalized spacial score (nSPS) is 21.8. The number of benzene rings is 4. The van der Waals surface area contributed by atoms with Gasteiger partial charge in [-0.15, -0.1) is 12.8 Å². The summed E-state index contributed by atoms with van der Waals surface area (Å²) in [6, 6.07) is 31.1. The van der Waals surface area contributed by atoms with E-state index < -0.39 is 113 Å². The van der Waals surface area contributed by atoms with Crippen LogP contribution in [-0.4, -0.2) is 132 Å². The number of carbonyl (C=O) groups is 2. The van der Waals surface area contributed by atoms with Gasteiger partial charge in [0, 0.05) is 18.9 Å². The van der Waals surface area contributed by atoms with Gasteiger partial charge in [-0.05, 0) is 75.9 Å². The Labute approximate surface area is 515 Å². The molecule has 2 aliphatic heterocycles. The molecule has 0 bridgehead atoms. The van der Waals surface area contributed by atoms with E-state index in [9.17, 15) is 42.8 Å². The lowest BCUT2D eigenvalue weighted by Crippen LogP contribution is -2.47. The van der Waals surface area contributed by atoms with Crippen LogP contribution < -0.4 is 25.6 Å². The molecule has 0 saturated carbocycles. The average Bonchev–Trinajstić information content (AvgIpc) is 1.63. The molecule has 8 N–H and O–H groups in total. The Bertz CT molecular complexity index is 4000. The van der Waals surface area contributed by atoms with E-state index in [0.29, 0.717) is 5.56 Å². The standard InChI is InChI=1S/2C30H32FN6O7P/c1-4-30(23(38)16-24(43-30)37-18-33-25-26(32)34-29(31)35-27(25)37)17-41-45(40,44-21-13-9-6-10-14-21)36-22(28(39)42-19(2)3)15-20-11-7-5-8-12-20;1-4-30(23(38)16-24(43-30)36-18-33-25-26(32)34-29(31)35-27(25)36)17-42-45(41,44-21-13-9-6-10-14-21)37(19(2)3)22(28(39)40)15-20-11-7-5-8-12-20/h1,5-14,18-19,22-24,38H,15-17H2,2-3H3,(H,36,40)(H2,32,34,35);1,5-14,18-19,22-24,38H,15-17H2,2-3H3,(H,39,40)(H2,32,34,35)/t2*22-,23-,24+,30+,45?/m00/s1. The number of nitrogens with zero attached hydrogens (tertiary/aromatic N) is 9. The van der Waals surface area contributed by atoms with Gasteiger partial charge in [-0.1, -0.05) is 109 Å². The lowest BCUT2D eigenvalue weighted by molar-refractivity contribution is -0.149. The Morgan fingerprint density at radius 3 is 1.57 bits per heavy atom. The first-order valence-electron chi connectivity index (χ1n) is 28.0. The summed E-state index contributed by atoms with van der Waals surface area (Å²) in [5, 5.41) is 35.3. The predicted molar refractivity (Wildman–Crippen MR) is 322 cm³/mol. The number of nitrogens with one attached hydrogen (secondary N) is 1. The van der Waals surface area contributed by atoms with Gasteiger partial charge in [0.05, 0.1) is 18.8 Å². The molecule has 0 spiro atoms. The number of para-hydroxylation sites is 2. The first-order valence-corrected chi connectivity index (χ1v) is 31.1. The molecule has 90 heavy (non-hydrogen) atoms. The third-order valence-electron chi connectivity index (χ3n) is 14.3. The number of aliphatic hydroxyl groups excluding tert-OH is 2. The van der Waals surface area contributed by atoms with Crippen molar-refractivity contribution >= 4 is 61.4 Å². The largest absolute Gasteiger partial charge is 0.480 e. The number of aliphatic carboxylic acids is 1. The van der Waals surface area contributed by atoms with Gasteiger partial charge < -0.3 is 50.0 Å². The zero-order chi connectivity index (χ0) is 64.5. The molecule has 30 heteroatoms. The Morgan fingerprint density at radius 1 is 0.700 bits per heavy atom. The maximum atomic E-state index is 14.9. The van der Waals surface area contributed by atoms with Crippen molar-refractivity contribution in [2.24, 2.45) is 0 Å². The van der Waals surface area contributed by atoms with E-state index in [1.165, 1.54) is 26.5 Å². The van der Waals surface area contributed by atoms with Gasteiger partial charge in [0.2, 0.25) is 0 Å². The predicted octanol–water partition coefficient (Wildman–Crippen LogP) is 7.37. The highest BCUT2D eigenvalue weighted by molar-refractivity contribution is 7.52. The van der Waals surface area contributed by atoms with Crippen LogP contribution in [0.3, 0.4) is 0 Å². The number of hydrogen-bond donors (Lipinski definition) is 6. The van der Waals surface area contributed by atoms with Crippen molar-refractivity contribution < 1.29 is 75.1 Å². The Kier molecular flexibility index (Phi) is 20.4. The summed E-state index contributed by atoms with van der Waals surface area (Å²) >= 11 is 0. The van der Waals surface area contributed by atoms with Gasteiger partial charge >= 0.3 is 39.6 Å². The molecule has 2 fully saturated rings. The number of fused-ring (bicyclic) bond motifs is 2. The fourth-order valence-corrected chi connectivity index (χ4v) is 13.6. The molecule has 2 saturated heterocycles. The van der Waals surface area contributed by atoms with Crippen molar-refractivity contribution in [1.29, 1.82) is 0 Å². The van der Waals surface area contributed by atoms with Crippen molar-refractivity contribution in [3.63, 3.8) is 0 Å². The highest BCUT2D eigenvalue weighted by Gasteiger charge is 2.54. The number of nitrogens with two attached hydrogens (primary N) is 2. The number of nitrogen functional groups attached to an aromatic ring is 2. The fraction of sp³-hybridized carbons (Fsp3) is 0.333. The number of carbonyl (C=O) groups excluding carboxylic acids is 1. The zero-order valence-corrected chi connectivity index (χ0v) is 50.7. The van der Waals surface area contributed by atoms with Gasteiger partial charge in [0.25, 0.3) is 0 Å². The Hall–Kier alpha value is -8.76. The number of ether oxygens (including phenoxy) is 3. The van der Waals surface area contributed by atoms with Gasteiger partial charge in [-0.25, -0.2) is 19.1 Å². The molecule has 8 aromatic rings. The summed E-state index contributed by atoms with van der Waals surface area (Å²) in [5.74, 6) is 2.86. The van der Waals surface area contributed by atoms with E-state index >= 15 is 0 Å². The van der Waals surface area contributed by atoms with Crippen molar-refractivity contribution in [1.82, 2.24) is 48.8 Å². The van der Waals surface area contributed by atoms with Crippen LogP contribution >= 0.6 is 15.5 Å². The summed E-state index contributed by atoms with van der Waals surface area (Å²) in [4.78, 5) is 48.6. The molecular weight excluding hydrogens is 1210 g/mol. The van der Waals surface area contributed by atoms with Crippen LogP contribution in [0.15, 0.2) is 134 Å². The molecule has 4 aromatic heterocycles. The Balaban J connectivity index is 0.000000213. The first-order chi connectivity index (χ1) is 43.0. The van der Waals surface area contributed by atoms with E-state index in [-0.39, 0.29) is 71.1 Å².